The summed E-state index contributed by atoms with van der Waals surface area (Å²) in [7, 11) is 0. The van der Waals surface area contributed by atoms with Crippen LogP contribution in [0.4, 0.5) is 0 Å². The van der Waals surface area contributed by atoms with Crippen LogP contribution in [0.1, 0.15) is 67.7 Å². The summed E-state index contributed by atoms with van der Waals surface area (Å²) in [4.78, 5) is 0. The van der Waals surface area contributed by atoms with Gasteiger partial charge < -0.3 is 8.83 Å². The van der Waals surface area contributed by atoms with Crippen molar-refractivity contribution in [1.82, 2.24) is 0 Å². The summed E-state index contributed by atoms with van der Waals surface area (Å²) >= 11 is 0. The van der Waals surface area contributed by atoms with Gasteiger partial charge >= 0.3 is 0 Å². The molecule has 104 heavy (non-hydrogen) atoms. The second-order valence-electron chi connectivity index (χ2n) is 30.3. The molecule has 0 bridgehead atoms. The summed E-state index contributed by atoms with van der Waals surface area (Å²) < 4.78 is 13.0. The second-order valence-corrected chi connectivity index (χ2v) is 30.3. The van der Waals surface area contributed by atoms with Crippen molar-refractivity contribution in [1.29, 1.82) is 0 Å². The summed E-state index contributed by atoms with van der Waals surface area (Å²) in [5, 5.41) is 18.4. The highest BCUT2D eigenvalue weighted by molar-refractivity contribution is 6.25. The van der Waals surface area contributed by atoms with Gasteiger partial charge in [0.1, 0.15) is 22.5 Å². The molecular formula is C102H68O2. The Hall–Kier alpha value is -12.6. The average molecular weight is 1330 g/mol. The lowest BCUT2D eigenvalue weighted by molar-refractivity contribution is 0.595. The van der Waals surface area contributed by atoms with E-state index in [1.54, 1.807) is 0 Å². The van der Waals surface area contributed by atoms with Crippen LogP contribution in [-0.4, -0.2) is 0 Å². The molecule has 3 aliphatic carbocycles. The first-order valence-corrected chi connectivity index (χ1v) is 36.7. The molecule has 19 aromatic rings. The van der Waals surface area contributed by atoms with Crippen molar-refractivity contribution >= 4 is 104 Å². The molecule has 0 saturated heterocycles. The largest absolute Gasteiger partial charge is 0.456 e. The van der Waals surface area contributed by atoms with E-state index in [1.807, 2.05) is 0 Å². The molecule has 2 nitrogen and oxygen atoms in total. The minimum absolute atomic E-state index is 0.255. The molecule has 0 saturated carbocycles. The molecule has 2 aromatic heterocycles. The Labute approximate surface area is 603 Å². The van der Waals surface area contributed by atoms with Gasteiger partial charge in [0.2, 0.25) is 0 Å². The first-order chi connectivity index (χ1) is 51.1. The van der Waals surface area contributed by atoms with Crippen LogP contribution in [-0.2, 0) is 17.3 Å². The van der Waals surface area contributed by atoms with E-state index >= 15 is 0 Å². The summed E-state index contributed by atoms with van der Waals surface area (Å²) in [5.74, 6) is 1.00. The van der Waals surface area contributed by atoms with Gasteiger partial charge in [0.25, 0.3) is 0 Å². The van der Waals surface area contributed by atoms with Gasteiger partial charge in [-0.3, -0.25) is 0 Å². The first kappa shape index (κ1) is 59.1. The second kappa shape index (κ2) is 21.9. The SMILES string of the molecule is CC1(C)c2cc(-c3c4ccccc4c(-c4ccc(-c5ccccc5)cc4)c4cc(-c5ccc6c(-c7ccc8c(c7)C(C)(C)c7ccc9c(ccc%10oc%11c(c%109)CCC=C%11)c7-8)c7ccccc7c(-c7ccc(-c8ccccc8)cc7)c6c5)ccc34)ccc2-c2c1ccc1cc3oc4ccccc4c3cc21. The fraction of sp³-hybridized carbons (Fsp3) is 0.0784. The van der Waals surface area contributed by atoms with Crippen LogP contribution in [0.2, 0.25) is 0 Å². The normalized spacial score (nSPS) is 14.0. The third-order valence-corrected chi connectivity index (χ3v) is 24.1. The zero-order chi connectivity index (χ0) is 68.8. The maximum absolute atomic E-state index is 6.50. The van der Waals surface area contributed by atoms with Crippen LogP contribution in [0.25, 0.3) is 204 Å². The van der Waals surface area contributed by atoms with Crippen molar-refractivity contribution in [2.45, 2.75) is 51.4 Å². The smallest absolute Gasteiger partial charge is 0.136 e. The van der Waals surface area contributed by atoms with Crippen molar-refractivity contribution in [2.24, 2.45) is 0 Å². The lowest BCUT2D eigenvalue weighted by Gasteiger charge is -2.24. The summed E-state index contributed by atoms with van der Waals surface area (Å²) in [6.07, 6.45) is 6.43. The van der Waals surface area contributed by atoms with Crippen LogP contribution in [0.5, 0.6) is 0 Å². The topological polar surface area (TPSA) is 26.3 Å². The average Bonchev–Trinajstić information content (AvgIpc) is 0.892. The summed E-state index contributed by atoms with van der Waals surface area (Å²) in [6.45, 7) is 9.68. The predicted molar refractivity (Wildman–Crippen MR) is 439 cm³/mol. The standard InChI is InChI=1S/C102H68O2/c1-101(2)86-50-43-67-57-93-83(70-23-15-17-29-90(70)104-93)58-82(67)99(86)80-47-42-69(56-89(80)101)97-74-27-14-12-25-72(74)95(64-37-33-62(34-38-64)60-21-9-6-10-22-60)85-54-66(40-45-78(85)97)65-39-44-77-84(53-65)94(63-35-31-61(32-36-63)59-19-7-5-8-20-59)71-24-11-13-26-73(71)96(77)68-41-46-79-88(55-68)102(3,4)87-51-48-76-75(98(79)87)49-52-92-100(76)81-28-16-18-30-91(81)103-92/h5-15,17-27,29-58H,16,28H2,1-4H3. The quantitative estimate of drug-likeness (QED) is 0.149. The van der Waals surface area contributed by atoms with Crippen molar-refractivity contribution < 1.29 is 8.83 Å². The number of rotatable bonds is 7. The molecule has 0 aliphatic heterocycles. The highest BCUT2D eigenvalue weighted by Gasteiger charge is 2.39. The van der Waals surface area contributed by atoms with Crippen LogP contribution < -0.4 is 0 Å². The molecule has 0 amide bonds. The molecule has 0 spiro atoms. The number of hydrogen-bond donors (Lipinski definition) is 0. The number of para-hydroxylation sites is 1. The Bertz CT molecular complexity index is 6970. The number of hydrogen-bond acceptors (Lipinski definition) is 2. The Balaban J connectivity index is 0.752. The van der Waals surface area contributed by atoms with E-state index in [2.05, 4.69) is 343 Å². The molecule has 2 heterocycles. The molecule has 22 rings (SSSR count). The summed E-state index contributed by atoms with van der Waals surface area (Å²) in [5.41, 5.74) is 31.2. The van der Waals surface area contributed by atoms with Gasteiger partial charge in [-0.1, -0.05) is 282 Å². The maximum Gasteiger partial charge on any atom is 0.136 e. The third-order valence-electron chi connectivity index (χ3n) is 24.1. The van der Waals surface area contributed by atoms with E-state index < -0.39 is 0 Å². The molecule has 3 aliphatic rings. The molecular weight excluding hydrogens is 1260 g/mol. The molecule has 2 heteroatoms. The highest BCUT2D eigenvalue weighted by Crippen LogP contribution is 2.58. The van der Waals surface area contributed by atoms with Crippen LogP contribution in [0.3, 0.4) is 0 Å². The van der Waals surface area contributed by atoms with Crippen molar-refractivity contribution in [2.75, 3.05) is 0 Å². The van der Waals surface area contributed by atoms with Gasteiger partial charge in [0, 0.05) is 32.6 Å². The van der Waals surface area contributed by atoms with Gasteiger partial charge in [-0.25, -0.2) is 0 Å². The van der Waals surface area contributed by atoms with Gasteiger partial charge in [-0.15, -0.1) is 0 Å². The van der Waals surface area contributed by atoms with E-state index in [4.69, 9.17) is 8.83 Å². The minimum atomic E-state index is -0.267. The Kier molecular flexibility index (Phi) is 12.5. The van der Waals surface area contributed by atoms with Crippen molar-refractivity contribution in [3.8, 4) is 100 Å². The van der Waals surface area contributed by atoms with Crippen LogP contribution in [0, 0.1) is 0 Å². The number of allylic oxidation sites excluding steroid dienone is 1. The zero-order valence-corrected chi connectivity index (χ0v) is 58.3. The summed E-state index contributed by atoms with van der Waals surface area (Å²) in [6, 6.07) is 115. The fourth-order valence-corrected chi connectivity index (χ4v) is 19.1. The molecule has 0 radical (unpaired) electrons. The van der Waals surface area contributed by atoms with E-state index in [0.717, 1.165) is 57.3 Å². The van der Waals surface area contributed by atoms with E-state index in [-0.39, 0.29) is 10.8 Å². The lowest BCUT2D eigenvalue weighted by Crippen LogP contribution is -2.15. The molecule has 0 fully saturated rings. The predicted octanol–water partition coefficient (Wildman–Crippen LogP) is 28.5. The third kappa shape index (κ3) is 8.51. The molecule has 488 valence electrons. The number of benzene rings is 17. The maximum atomic E-state index is 6.50. The highest BCUT2D eigenvalue weighted by atomic mass is 16.3. The van der Waals surface area contributed by atoms with E-state index in [1.165, 1.54) is 187 Å². The van der Waals surface area contributed by atoms with Crippen LogP contribution >= 0.6 is 0 Å². The Morgan fingerprint density at radius 3 is 1.23 bits per heavy atom. The molecule has 0 N–H and O–H groups in total. The Morgan fingerprint density at radius 1 is 0.250 bits per heavy atom. The molecule has 0 unspecified atom stereocenters. The zero-order valence-electron chi connectivity index (χ0n) is 58.3. The van der Waals surface area contributed by atoms with Crippen LogP contribution in [0.15, 0.2) is 318 Å². The number of fused-ring (bicyclic) bond motifs is 21. The lowest BCUT2D eigenvalue weighted by atomic mass is 9.79. The Morgan fingerprint density at radius 2 is 0.673 bits per heavy atom. The molecule has 17 aromatic carbocycles. The fourth-order valence-electron chi connectivity index (χ4n) is 19.1. The van der Waals surface area contributed by atoms with Gasteiger partial charge in [0.05, 0.1) is 0 Å². The van der Waals surface area contributed by atoms with Gasteiger partial charge in [-0.2, -0.15) is 0 Å². The van der Waals surface area contributed by atoms with Crippen molar-refractivity contribution in [3.05, 3.63) is 343 Å². The van der Waals surface area contributed by atoms with E-state index in [0.29, 0.717) is 0 Å². The number of aryl methyl sites for hydroxylation is 1. The van der Waals surface area contributed by atoms with Gasteiger partial charge in [-0.05, 0) is 261 Å². The van der Waals surface area contributed by atoms with Gasteiger partial charge in [0.15, 0.2) is 0 Å². The minimum Gasteiger partial charge on any atom is -0.456 e. The number of furan rings is 2. The van der Waals surface area contributed by atoms with Crippen molar-refractivity contribution in [3.63, 3.8) is 0 Å². The molecule has 0 atom stereocenters. The monoisotopic (exact) mass is 1320 g/mol. The first-order valence-electron chi connectivity index (χ1n) is 36.7. The van der Waals surface area contributed by atoms with E-state index in [9.17, 15) is 0 Å².